The lowest BCUT2D eigenvalue weighted by Gasteiger charge is -2.19. The number of nitrogens with zero attached hydrogens (tertiary/aromatic N) is 2. The molecule has 0 saturated carbocycles. The highest BCUT2D eigenvalue weighted by molar-refractivity contribution is 6.02. The summed E-state index contributed by atoms with van der Waals surface area (Å²) in [5.74, 6) is -0.158. The zero-order chi connectivity index (χ0) is 13.0. The third-order valence-corrected chi connectivity index (χ3v) is 2.86. The maximum absolute atomic E-state index is 12.2. The molecule has 1 atom stereocenters. The number of aldehydes is 1. The molecule has 1 fully saturated rings. The molecule has 5 nitrogen and oxygen atoms in total. The fourth-order valence-corrected chi connectivity index (χ4v) is 2.02. The quantitative estimate of drug-likeness (QED) is 0.592. The van der Waals surface area contributed by atoms with Gasteiger partial charge in [0, 0.05) is 12.0 Å². The number of likely N-dealkylation sites (tertiary alicyclic amines) is 1. The van der Waals surface area contributed by atoms with Gasteiger partial charge in [-0.2, -0.15) is 0 Å². The Morgan fingerprint density at radius 2 is 2.17 bits per heavy atom. The second-order valence-corrected chi connectivity index (χ2v) is 4.05. The van der Waals surface area contributed by atoms with Crippen molar-refractivity contribution in [3.8, 4) is 0 Å². The first-order chi connectivity index (χ1) is 8.76. The minimum atomic E-state index is -0.452. The smallest absolute Gasteiger partial charge is 0.254 e. The Hall–Kier alpha value is -2.17. The number of rotatable bonds is 3. The molecule has 0 bridgehead atoms. The average molecular weight is 246 g/mol. The number of hydrogen-bond donors (Lipinski definition) is 0. The second kappa shape index (κ2) is 5.44. The van der Waals surface area contributed by atoms with Gasteiger partial charge in [0.1, 0.15) is 13.4 Å². The van der Waals surface area contributed by atoms with Crippen LogP contribution in [0.4, 0.5) is 0 Å². The van der Waals surface area contributed by atoms with Gasteiger partial charge in [-0.25, -0.2) is 0 Å². The number of amides is 1. The highest BCUT2D eigenvalue weighted by atomic mass is 16.6. The summed E-state index contributed by atoms with van der Waals surface area (Å²) in [4.78, 5) is 29.5. The van der Waals surface area contributed by atoms with E-state index in [2.05, 4.69) is 9.99 Å². The van der Waals surface area contributed by atoms with Gasteiger partial charge in [-0.05, 0) is 12.1 Å². The van der Waals surface area contributed by atoms with Crippen LogP contribution in [-0.4, -0.2) is 42.5 Å². The molecule has 1 amide bonds. The van der Waals surface area contributed by atoms with Gasteiger partial charge in [0.05, 0.1) is 18.3 Å². The number of benzene rings is 1. The molecule has 1 aromatic rings. The van der Waals surface area contributed by atoms with Gasteiger partial charge in [-0.1, -0.05) is 23.4 Å². The average Bonchev–Trinajstić information content (AvgIpc) is 2.82. The number of carbonyl (C=O) groups excluding carboxylic acids is 2. The van der Waals surface area contributed by atoms with Gasteiger partial charge in [0.25, 0.3) is 5.91 Å². The van der Waals surface area contributed by atoms with Gasteiger partial charge in [0.2, 0.25) is 0 Å². The van der Waals surface area contributed by atoms with Crippen LogP contribution >= 0.6 is 0 Å². The highest BCUT2D eigenvalue weighted by Gasteiger charge is 2.33. The van der Waals surface area contributed by atoms with E-state index in [0.717, 1.165) is 6.29 Å². The van der Waals surface area contributed by atoms with Crippen LogP contribution in [0.5, 0.6) is 0 Å². The first-order valence-electron chi connectivity index (χ1n) is 5.66. The lowest BCUT2D eigenvalue weighted by atomic mass is 10.2. The molecular formula is C13H14N2O3. The molecule has 0 spiro atoms. The minimum absolute atomic E-state index is 0.158. The summed E-state index contributed by atoms with van der Waals surface area (Å²) >= 11 is 0. The van der Waals surface area contributed by atoms with E-state index >= 15 is 0 Å². The number of oxime groups is 1. The normalized spacial score (nSPS) is 21.1. The Kier molecular flexibility index (Phi) is 3.72. The molecule has 2 rings (SSSR count). The standard InChI is InChI=1S/C13H14N2O3/c1-18-14-11-7-12(9-16)15(8-11)13(17)10-5-3-2-4-6-10/h2-6,9,12H,7-8H2,1H3/t12-/m0/s1. The van der Waals surface area contributed by atoms with Crippen LogP contribution in [0.1, 0.15) is 16.8 Å². The van der Waals surface area contributed by atoms with Crippen molar-refractivity contribution in [2.24, 2.45) is 5.16 Å². The van der Waals surface area contributed by atoms with Crippen molar-refractivity contribution < 1.29 is 14.4 Å². The molecule has 1 aliphatic rings. The van der Waals surface area contributed by atoms with Gasteiger partial charge in [-0.15, -0.1) is 0 Å². The Labute approximate surface area is 105 Å². The summed E-state index contributed by atoms with van der Waals surface area (Å²) in [5.41, 5.74) is 1.28. The lowest BCUT2D eigenvalue weighted by Crippen LogP contribution is -2.36. The van der Waals surface area contributed by atoms with E-state index in [4.69, 9.17) is 0 Å². The van der Waals surface area contributed by atoms with E-state index in [1.165, 1.54) is 12.0 Å². The number of hydrogen-bond acceptors (Lipinski definition) is 4. The van der Waals surface area contributed by atoms with Crippen LogP contribution in [0.3, 0.4) is 0 Å². The second-order valence-electron chi connectivity index (χ2n) is 4.05. The summed E-state index contributed by atoms with van der Waals surface area (Å²) in [6.07, 6.45) is 1.22. The van der Waals surface area contributed by atoms with Crippen LogP contribution in [0.15, 0.2) is 35.5 Å². The maximum Gasteiger partial charge on any atom is 0.254 e. The van der Waals surface area contributed by atoms with Gasteiger partial charge in [-0.3, -0.25) is 4.79 Å². The predicted molar refractivity (Wildman–Crippen MR) is 66.4 cm³/mol. The first kappa shape index (κ1) is 12.3. The van der Waals surface area contributed by atoms with Gasteiger partial charge in [0.15, 0.2) is 0 Å². The first-order valence-corrected chi connectivity index (χ1v) is 5.66. The Morgan fingerprint density at radius 1 is 1.44 bits per heavy atom. The zero-order valence-corrected chi connectivity index (χ0v) is 10.1. The molecule has 0 radical (unpaired) electrons. The summed E-state index contributed by atoms with van der Waals surface area (Å²) in [6.45, 7) is 0.338. The Balaban J connectivity index is 2.20. The summed E-state index contributed by atoms with van der Waals surface area (Å²) in [6, 6.07) is 8.44. The SMILES string of the molecule is CON=C1C[C@@H](C=O)N(C(=O)c2ccccc2)C1. The van der Waals surface area contributed by atoms with E-state index < -0.39 is 6.04 Å². The molecule has 1 heterocycles. The molecule has 18 heavy (non-hydrogen) atoms. The monoisotopic (exact) mass is 246 g/mol. The van der Waals surface area contributed by atoms with Crippen molar-refractivity contribution in [2.75, 3.05) is 13.7 Å². The Morgan fingerprint density at radius 3 is 2.78 bits per heavy atom. The fourth-order valence-electron chi connectivity index (χ4n) is 2.02. The zero-order valence-electron chi connectivity index (χ0n) is 10.1. The van der Waals surface area contributed by atoms with Gasteiger partial charge < -0.3 is 14.5 Å². The number of carbonyl (C=O) groups is 2. The topological polar surface area (TPSA) is 59.0 Å². The van der Waals surface area contributed by atoms with Crippen molar-refractivity contribution in [1.82, 2.24) is 4.90 Å². The molecule has 0 aliphatic carbocycles. The van der Waals surface area contributed by atoms with E-state index in [0.29, 0.717) is 24.2 Å². The molecule has 0 N–H and O–H groups in total. The molecule has 94 valence electrons. The third kappa shape index (κ3) is 2.40. The van der Waals surface area contributed by atoms with Crippen molar-refractivity contribution >= 4 is 17.9 Å². The van der Waals surface area contributed by atoms with Crippen LogP contribution in [0.2, 0.25) is 0 Å². The lowest BCUT2D eigenvalue weighted by molar-refractivity contribution is -0.111. The largest absolute Gasteiger partial charge is 0.399 e. The van der Waals surface area contributed by atoms with Crippen molar-refractivity contribution in [2.45, 2.75) is 12.5 Å². The highest BCUT2D eigenvalue weighted by Crippen LogP contribution is 2.17. The molecule has 1 aromatic carbocycles. The van der Waals surface area contributed by atoms with Crippen molar-refractivity contribution in [3.05, 3.63) is 35.9 Å². The fraction of sp³-hybridized carbons (Fsp3) is 0.308. The van der Waals surface area contributed by atoms with Crippen molar-refractivity contribution in [1.29, 1.82) is 0 Å². The van der Waals surface area contributed by atoms with Crippen LogP contribution in [0, 0.1) is 0 Å². The van der Waals surface area contributed by atoms with E-state index in [1.54, 1.807) is 24.3 Å². The molecule has 1 aliphatic heterocycles. The van der Waals surface area contributed by atoms with Crippen molar-refractivity contribution in [3.63, 3.8) is 0 Å². The van der Waals surface area contributed by atoms with E-state index in [-0.39, 0.29) is 5.91 Å². The molecule has 0 unspecified atom stereocenters. The third-order valence-electron chi connectivity index (χ3n) is 2.86. The van der Waals surface area contributed by atoms with Crippen LogP contribution in [-0.2, 0) is 9.63 Å². The summed E-state index contributed by atoms with van der Waals surface area (Å²) < 4.78 is 0. The van der Waals surface area contributed by atoms with Crippen LogP contribution in [0.25, 0.3) is 0 Å². The predicted octanol–water partition coefficient (Wildman–Crippen LogP) is 1.10. The molecule has 5 heteroatoms. The van der Waals surface area contributed by atoms with E-state index in [9.17, 15) is 9.59 Å². The molecular weight excluding hydrogens is 232 g/mol. The van der Waals surface area contributed by atoms with E-state index in [1.807, 2.05) is 6.07 Å². The summed E-state index contributed by atoms with van der Waals surface area (Å²) in [5, 5.41) is 3.81. The summed E-state index contributed by atoms with van der Waals surface area (Å²) in [7, 11) is 1.45. The van der Waals surface area contributed by atoms with Crippen LogP contribution < -0.4 is 0 Å². The molecule has 0 aromatic heterocycles. The van der Waals surface area contributed by atoms with Gasteiger partial charge >= 0.3 is 0 Å². The Bertz CT molecular complexity index is 470. The maximum atomic E-state index is 12.2. The molecule has 1 saturated heterocycles. The minimum Gasteiger partial charge on any atom is -0.399 e.